The van der Waals surface area contributed by atoms with Crippen molar-refractivity contribution in [3.63, 3.8) is 0 Å². The van der Waals surface area contributed by atoms with E-state index in [9.17, 15) is 0 Å². The second kappa shape index (κ2) is 6.70. The molecule has 5 nitrogen and oxygen atoms in total. The summed E-state index contributed by atoms with van der Waals surface area (Å²) in [7, 11) is 1.93. The van der Waals surface area contributed by atoms with Crippen LogP contribution in [0.25, 0.3) is 11.3 Å². The highest BCUT2D eigenvalue weighted by molar-refractivity contribution is 5.58. The molecular formula is C15H24N4O. The van der Waals surface area contributed by atoms with E-state index in [1.54, 1.807) is 6.20 Å². The number of nitrogens with zero attached hydrogens (tertiary/aromatic N) is 3. The smallest absolute Gasteiger partial charge is 0.194 e. The molecule has 0 spiro atoms. The van der Waals surface area contributed by atoms with E-state index in [4.69, 9.17) is 4.42 Å². The van der Waals surface area contributed by atoms with Crippen LogP contribution in [-0.4, -0.2) is 27.4 Å². The molecule has 0 aliphatic rings. The molecule has 0 atom stereocenters. The Morgan fingerprint density at radius 1 is 1.40 bits per heavy atom. The van der Waals surface area contributed by atoms with Gasteiger partial charge in [0.05, 0.1) is 17.5 Å². The highest BCUT2D eigenvalue weighted by Gasteiger charge is 2.13. The van der Waals surface area contributed by atoms with E-state index in [-0.39, 0.29) is 0 Å². The molecule has 0 saturated carbocycles. The summed E-state index contributed by atoms with van der Waals surface area (Å²) in [6, 6.07) is 0.526. The van der Waals surface area contributed by atoms with Crippen LogP contribution in [0.1, 0.15) is 38.8 Å². The molecular weight excluding hydrogens is 252 g/mol. The van der Waals surface area contributed by atoms with Crippen LogP contribution in [0, 0.1) is 0 Å². The Labute approximate surface area is 120 Å². The van der Waals surface area contributed by atoms with Crippen molar-refractivity contribution in [1.29, 1.82) is 0 Å². The monoisotopic (exact) mass is 276 g/mol. The minimum atomic E-state index is 0.526. The fraction of sp³-hybridized carbons (Fsp3) is 0.600. The summed E-state index contributed by atoms with van der Waals surface area (Å²) in [4.78, 5) is 4.36. The van der Waals surface area contributed by atoms with E-state index < -0.39 is 0 Å². The topological polar surface area (TPSA) is 55.9 Å². The van der Waals surface area contributed by atoms with Gasteiger partial charge in [-0.05, 0) is 19.4 Å². The molecule has 1 N–H and O–H groups in total. The summed E-state index contributed by atoms with van der Waals surface area (Å²) >= 11 is 0. The molecule has 2 heterocycles. The Morgan fingerprint density at radius 3 is 2.90 bits per heavy atom. The minimum absolute atomic E-state index is 0.526. The number of rotatable bonds is 7. The van der Waals surface area contributed by atoms with Crippen molar-refractivity contribution in [2.75, 3.05) is 6.54 Å². The third kappa shape index (κ3) is 3.70. The maximum absolute atomic E-state index is 5.84. The average Bonchev–Trinajstić information content (AvgIpc) is 3.00. The van der Waals surface area contributed by atoms with Crippen molar-refractivity contribution >= 4 is 0 Å². The van der Waals surface area contributed by atoms with Crippen molar-refractivity contribution in [3.05, 3.63) is 24.0 Å². The highest BCUT2D eigenvalue weighted by atomic mass is 16.4. The lowest BCUT2D eigenvalue weighted by atomic mass is 10.2. The standard InChI is InChI=1S/C15H24N4O/c1-5-13-12(10-19(4)18-13)14-9-17-15(20-14)7-6-8-16-11(2)3/h9-11,16H,5-8H2,1-4H3. The summed E-state index contributed by atoms with van der Waals surface area (Å²) < 4.78 is 7.66. The zero-order valence-electron chi connectivity index (χ0n) is 12.8. The number of hydrogen-bond donors (Lipinski definition) is 1. The largest absolute Gasteiger partial charge is 0.441 e. The lowest BCUT2D eigenvalue weighted by Gasteiger charge is -2.05. The Kier molecular flexibility index (Phi) is 4.95. The van der Waals surface area contributed by atoms with Gasteiger partial charge in [0.2, 0.25) is 0 Å². The molecule has 110 valence electrons. The van der Waals surface area contributed by atoms with Crippen LogP contribution in [-0.2, 0) is 19.9 Å². The lowest BCUT2D eigenvalue weighted by molar-refractivity contribution is 0.484. The third-order valence-corrected chi connectivity index (χ3v) is 3.18. The number of aromatic nitrogens is 3. The van der Waals surface area contributed by atoms with E-state index in [1.807, 2.05) is 17.9 Å². The van der Waals surface area contributed by atoms with Crippen LogP contribution < -0.4 is 5.32 Å². The zero-order chi connectivity index (χ0) is 14.5. The number of aryl methyl sites for hydroxylation is 3. The van der Waals surface area contributed by atoms with E-state index in [0.29, 0.717) is 6.04 Å². The number of nitrogens with one attached hydrogen (secondary N) is 1. The van der Waals surface area contributed by atoms with Gasteiger partial charge in [0.15, 0.2) is 11.7 Å². The summed E-state index contributed by atoms with van der Waals surface area (Å²) in [5, 5.41) is 7.82. The van der Waals surface area contributed by atoms with Gasteiger partial charge in [-0.3, -0.25) is 4.68 Å². The molecule has 0 aliphatic heterocycles. The van der Waals surface area contributed by atoms with Gasteiger partial charge in [0, 0.05) is 25.7 Å². The molecule has 5 heteroatoms. The van der Waals surface area contributed by atoms with Gasteiger partial charge in [0.1, 0.15) is 0 Å². The number of oxazole rings is 1. The van der Waals surface area contributed by atoms with Gasteiger partial charge in [-0.15, -0.1) is 0 Å². The summed E-state index contributed by atoms with van der Waals surface area (Å²) in [5.74, 6) is 1.62. The van der Waals surface area contributed by atoms with Crippen LogP contribution in [0.4, 0.5) is 0 Å². The van der Waals surface area contributed by atoms with Gasteiger partial charge in [-0.25, -0.2) is 4.98 Å². The SMILES string of the molecule is CCc1nn(C)cc1-c1cnc(CCCNC(C)C)o1. The molecule has 0 unspecified atom stereocenters. The van der Waals surface area contributed by atoms with Crippen molar-refractivity contribution in [2.45, 2.75) is 46.1 Å². The summed E-state index contributed by atoms with van der Waals surface area (Å²) in [6.07, 6.45) is 6.59. The molecule has 0 aromatic carbocycles. The van der Waals surface area contributed by atoms with Crippen LogP contribution in [0.2, 0.25) is 0 Å². The van der Waals surface area contributed by atoms with Gasteiger partial charge < -0.3 is 9.73 Å². The Balaban J connectivity index is 1.98. The predicted octanol–water partition coefficient (Wildman–Crippen LogP) is 2.57. The molecule has 0 radical (unpaired) electrons. The average molecular weight is 276 g/mol. The maximum Gasteiger partial charge on any atom is 0.194 e. The molecule has 0 bridgehead atoms. The van der Waals surface area contributed by atoms with Crippen molar-refractivity contribution in [2.24, 2.45) is 7.05 Å². The molecule has 0 amide bonds. The third-order valence-electron chi connectivity index (χ3n) is 3.18. The normalized spacial score (nSPS) is 11.4. The van der Waals surface area contributed by atoms with Crippen LogP contribution >= 0.6 is 0 Å². The highest BCUT2D eigenvalue weighted by Crippen LogP contribution is 2.24. The quantitative estimate of drug-likeness (QED) is 0.790. The van der Waals surface area contributed by atoms with Gasteiger partial charge in [-0.1, -0.05) is 20.8 Å². The van der Waals surface area contributed by atoms with Gasteiger partial charge in [0.25, 0.3) is 0 Å². The van der Waals surface area contributed by atoms with Crippen LogP contribution in [0.15, 0.2) is 16.8 Å². The van der Waals surface area contributed by atoms with E-state index in [2.05, 4.69) is 36.2 Å². The van der Waals surface area contributed by atoms with E-state index in [1.165, 1.54) is 0 Å². The Morgan fingerprint density at radius 2 is 2.20 bits per heavy atom. The summed E-state index contributed by atoms with van der Waals surface area (Å²) in [5.41, 5.74) is 2.10. The van der Waals surface area contributed by atoms with E-state index in [0.717, 1.165) is 48.7 Å². The van der Waals surface area contributed by atoms with Gasteiger partial charge >= 0.3 is 0 Å². The molecule has 2 aromatic heterocycles. The van der Waals surface area contributed by atoms with Gasteiger partial charge in [-0.2, -0.15) is 5.10 Å². The van der Waals surface area contributed by atoms with Crippen molar-refractivity contribution in [3.8, 4) is 11.3 Å². The van der Waals surface area contributed by atoms with E-state index >= 15 is 0 Å². The molecule has 0 saturated heterocycles. The first-order valence-electron chi connectivity index (χ1n) is 7.31. The predicted molar refractivity (Wildman–Crippen MR) is 79.5 cm³/mol. The zero-order valence-corrected chi connectivity index (χ0v) is 12.8. The van der Waals surface area contributed by atoms with Crippen molar-refractivity contribution in [1.82, 2.24) is 20.1 Å². The molecule has 2 aromatic rings. The fourth-order valence-electron chi connectivity index (χ4n) is 2.18. The molecule has 0 fully saturated rings. The maximum atomic E-state index is 5.84. The van der Waals surface area contributed by atoms with Crippen LogP contribution in [0.3, 0.4) is 0 Å². The lowest BCUT2D eigenvalue weighted by Crippen LogP contribution is -2.23. The first kappa shape index (κ1) is 14.8. The Hall–Kier alpha value is -1.62. The first-order valence-corrected chi connectivity index (χ1v) is 7.31. The first-order chi connectivity index (χ1) is 9.60. The minimum Gasteiger partial charge on any atom is -0.441 e. The molecule has 2 rings (SSSR count). The number of hydrogen-bond acceptors (Lipinski definition) is 4. The summed E-state index contributed by atoms with van der Waals surface area (Å²) in [6.45, 7) is 7.39. The second-order valence-corrected chi connectivity index (χ2v) is 5.35. The van der Waals surface area contributed by atoms with Crippen molar-refractivity contribution < 1.29 is 4.42 Å². The Bertz CT molecular complexity index is 542. The fourth-order valence-corrected chi connectivity index (χ4v) is 2.18. The molecule has 0 aliphatic carbocycles. The van der Waals surface area contributed by atoms with Crippen LogP contribution in [0.5, 0.6) is 0 Å². The molecule has 20 heavy (non-hydrogen) atoms. The second-order valence-electron chi connectivity index (χ2n) is 5.35.